The van der Waals surface area contributed by atoms with E-state index in [4.69, 9.17) is 5.14 Å². The number of nitrogens with zero attached hydrogens (tertiary/aromatic N) is 3. The lowest BCUT2D eigenvalue weighted by Gasteiger charge is -2.12. The highest BCUT2D eigenvalue weighted by molar-refractivity contribution is 7.89. The molecule has 0 saturated carbocycles. The van der Waals surface area contributed by atoms with E-state index in [1.165, 1.54) is 48.5 Å². The molecule has 5 aromatic rings. The summed E-state index contributed by atoms with van der Waals surface area (Å²) < 4.78 is 81.3. The summed E-state index contributed by atoms with van der Waals surface area (Å²) in [6.07, 6.45) is -5.25. The number of hydrogen-bond acceptors (Lipinski definition) is 6. The Bertz CT molecular complexity index is 1860. The lowest BCUT2D eigenvalue weighted by molar-refractivity contribution is -0.143. The molecule has 0 aliphatic heterocycles. The molecule has 0 saturated heterocycles. The maximum absolute atomic E-state index is 14.7. The van der Waals surface area contributed by atoms with Gasteiger partial charge in [-0.1, -0.05) is 42.5 Å². The number of benzene rings is 3. The van der Waals surface area contributed by atoms with Crippen LogP contribution in [0, 0.1) is 5.82 Å². The largest absolute Gasteiger partial charge is 0.476 e. The van der Waals surface area contributed by atoms with Crippen LogP contribution in [0.25, 0.3) is 27.5 Å². The summed E-state index contributed by atoms with van der Waals surface area (Å²) in [5, 5.41) is 19.5. The monoisotopic (exact) mass is 602 g/mol. The number of hydrogen-bond donors (Lipinski definition) is 2. The number of carbonyl (C=O) groups is 1. The third kappa shape index (κ3) is 5.89. The first-order chi connectivity index (χ1) is 19.3. The van der Waals surface area contributed by atoms with E-state index in [-0.39, 0.29) is 27.7 Å². The number of alkyl halides is 3. The minimum Gasteiger partial charge on any atom is -0.476 e. The molecule has 0 aliphatic carbocycles. The zero-order valence-corrected chi connectivity index (χ0v) is 22.3. The number of sulfonamides is 1. The van der Waals surface area contributed by atoms with Gasteiger partial charge in [0.15, 0.2) is 11.4 Å². The van der Waals surface area contributed by atoms with Crippen molar-refractivity contribution < 1.29 is 35.9 Å². The Balaban J connectivity index is 1.72. The molecule has 0 bridgehead atoms. The number of aromatic nitrogens is 3. The molecule has 5 rings (SSSR count). The molecule has 0 aliphatic rings. The molecule has 0 atom stereocenters. The molecule has 3 N–H and O–H groups in total. The van der Waals surface area contributed by atoms with E-state index in [2.05, 4.69) is 10.1 Å². The van der Waals surface area contributed by atoms with Gasteiger partial charge in [0.25, 0.3) is 0 Å². The molecule has 3 aromatic carbocycles. The van der Waals surface area contributed by atoms with Crippen molar-refractivity contribution in [3.05, 3.63) is 107 Å². The summed E-state index contributed by atoms with van der Waals surface area (Å²) in [5.41, 5.74) is -0.0412. The van der Waals surface area contributed by atoms with Crippen LogP contribution in [0.5, 0.6) is 0 Å². The van der Waals surface area contributed by atoms with Crippen molar-refractivity contribution in [2.24, 2.45) is 5.14 Å². The van der Waals surface area contributed by atoms with Gasteiger partial charge in [-0.15, -0.1) is 11.3 Å². The third-order valence-corrected chi connectivity index (χ3v) is 7.84. The predicted octanol–water partition coefficient (Wildman–Crippen LogP) is 5.76. The van der Waals surface area contributed by atoms with Crippen LogP contribution in [0.4, 0.5) is 17.6 Å². The average Bonchev–Trinajstić information content (AvgIpc) is 3.55. The van der Waals surface area contributed by atoms with Crippen LogP contribution in [0.1, 0.15) is 27.3 Å². The van der Waals surface area contributed by atoms with E-state index in [0.717, 1.165) is 5.38 Å². The summed E-state index contributed by atoms with van der Waals surface area (Å²) in [7, 11) is -4.02. The van der Waals surface area contributed by atoms with Crippen LogP contribution in [0.15, 0.2) is 83.1 Å². The fraction of sp³-hybridized carbons (Fsp3) is 0.0741. The Kier molecular flexibility index (Phi) is 7.23. The molecule has 14 heteroatoms. The topological polar surface area (TPSA) is 128 Å². The van der Waals surface area contributed by atoms with Crippen molar-refractivity contribution in [2.45, 2.75) is 17.5 Å². The minimum absolute atomic E-state index is 0.0520. The van der Waals surface area contributed by atoms with Crippen LogP contribution >= 0.6 is 11.3 Å². The van der Waals surface area contributed by atoms with Crippen LogP contribution in [0.3, 0.4) is 0 Å². The number of nitrogens with two attached hydrogens (primary N) is 1. The average molecular weight is 603 g/mol. The molecule has 0 unspecified atom stereocenters. The van der Waals surface area contributed by atoms with Gasteiger partial charge >= 0.3 is 12.1 Å². The smallest absolute Gasteiger partial charge is 0.433 e. The van der Waals surface area contributed by atoms with E-state index in [9.17, 15) is 35.9 Å². The van der Waals surface area contributed by atoms with Gasteiger partial charge in [-0.3, -0.25) is 0 Å². The maximum Gasteiger partial charge on any atom is 0.433 e. The van der Waals surface area contributed by atoms with Crippen molar-refractivity contribution in [1.29, 1.82) is 0 Å². The Morgan fingerprint density at radius 1 is 0.976 bits per heavy atom. The summed E-state index contributed by atoms with van der Waals surface area (Å²) >= 11 is 0.683. The highest BCUT2D eigenvalue weighted by Gasteiger charge is 2.41. The number of carboxylic acid groups (broad SMARTS) is 1. The first kappa shape index (κ1) is 28.1. The van der Waals surface area contributed by atoms with Gasteiger partial charge in [-0.25, -0.2) is 32.4 Å². The fourth-order valence-electron chi connectivity index (χ4n) is 4.23. The lowest BCUT2D eigenvalue weighted by atomic mass is 9.96. The molecule has 0 fully saturated rings. The molecule has 0 spiro atoms. The molecule has 8 nitrogen and oxygen atoms in total. The summed E-state index contributed by atoms with van der Waals surface area (Å²) in [6, 6.07) is 17.2. The Morgan fingerprint density at radius 3 is 2.22 bits per heavy atom. The fourth-order valence-corrected chi connectivity index (χ4v) is 5.50. The number of aromatic carboxylic acids is 1. The highest BCUT2D eigenvalue weighted by atomic mass is 32.2. The Labute approximate surface area is 234 Å². The second-order valence-corrected chi connectivity index (χ2v) is 11.3. The van der Waals surface area contributed by atoms with Crippen molar-refractivity contribution in [2.75, 3.05) is 0 Å². The second-order valence-electron chi connectivity index (χ2n) is 8.86. The zero-order chi connectivity index (χ0) is 29.5. The van der Waals surface area contributed by atoms with E-state index in [1.807, 2.05) is 0 Å². The van der Waals surface area contributed by atoms with Crippen LogP contribution in [-0.4, -0.2) is 34.3 Å². The number of halogens is 4. The summed E-state index contributed by atoms with van der Waals surface area (Å²) in [6.45, 7) is 0. The third-order valence-electron chi connectivity index (χ3n) is 6.09. The van der Waals surface area contributed by atoms with E-state index in [0.29, 0.717) is 38.3 Å². The first-order valence-corrected chi connectivity index (χ1v) is 14.1. The summed E-state index contributed by atoms with van der Waals surface area (Å²) in [5.74, 6) is -1.85. The Hall–Kier alpha value is -4.40. The predicted molar refractivity (Wildman–Crippen MR) is 143 cm³/mol. The zero-order valence-electron chi connectivity index (χ0n) is 20.6. The molecule has 0 amide bonds. The standard InChI is InChI=1S/C27H18F4N4O4S2/c28-19-8-6-16(7-9-19)17-2-1-3-18(13-17)23-21(12-15-4-10-20(11-5-15)41(32,38)39)24(27(29,30)31)35(34-23)26-33-22(14-40-26)25(36)37/h1-11,13-14H,12H2,(H,36,37)(H2,32,38,39). The van der Waals surface area contributed by atoms with Crippen LogP contribution in [-0.2, 0) is 22.6 Å². The van der Waals surface area contributed by atoms with Gasteiger partial charge in [-0.2, -0.15) is 18.3 Å². The normalized spacial score (nSPS) is 12.0. The van der Waals surface area contributed by atoms with E-state index >= 15 is 0 Å². The first-order valence-electron chi connectivity index (χ1n) is 11.7. The van der Waals surface area contributed by atoms with E-state index < -0.39 is 39.4 Å². The van der Waals surface area contributed by atoms with E-state index in [1.54, 1.807) is 24.3 Å². The number of carboxylic acids is 1. The van der Waals surface area contributed by atoms with Gasteiger partial charge in [0, 0.05) is 22.9 Å². The van der Waals surface area contributed by atoms with Crippen molar-refractivity contribution in [1.82, 2.24) is 14.8 Å². The van der Waals surface area contributed by atoms with Crippen LogP contribution in [0.2, 0.25) is 0 Å². The number of thiazole rings is 1. The molecule has 0 radical (unpaired) electrons. The van der Waals surface area contributed by atoms with Crippen molar-refractivity contribution >= 4 is 27.3 Å². The van der Waals surface area contributed by atoms with Gasteiger partial charge in [-0.05, 0) is 47.0 Å². The molecular weight excluding hydrogens is 584 g/mol. The molecule has 41 heavy (non-hydrogen) atoms. The lowest BCUT2D eigenvalue weighted by Crippen LogP contribution is -2.16. The van der Waals surface area contributed by atoms with Crippen molar-refractivity contribution in [3.63, 3.8) is 0 Å². The molecule has 2 aromatic heterocycles. The highest BCUT2D eigenvalue weighted by Crippen LogP contribution is 2.40. The van der Waals surface area contributed by atoms with Gasteiger partial charge < -0.3 is 5.11 Å². The summed E-state index contributed by atoms with van der Waals surface area (Å²) in [4.78, 5) is 15.0. The second kappa shape index (κ2) is 10.5. The Morgan fingerprint density at radius 2 is 1.63 bits per heavy atom. The quantitative estimate of drug-likeness (QED) is 0.228. The molecule has 210 valence electrons. The SMILES string of the molecule is NS(=O)(=O)c1ccc(Cc2c(-c3cccc(-c4ccc(F)cc4)c3)nn(-c3nc(C(=O)O)cs3)c2C(F)(F)F)cc1. The number of rotatable bonds is 7. The number of primary sulfonamides is 1. The van der Waals surface area contributed by atoms with Crippen molar-refractivity contribution in [3.8, 4) is 27.5 Å². The molecular formula is C27H18F4N4O4S2. The van der Waals surface area contributed by atoms with Gasteiger partial charge in [0.1, 0.15) is 5.82 Å². The van der Waals surface area contributed by atoms with Gasteiger partial charge in [0.2, 0.25) is 15.2 Å². The van der Waals surface area contributed by atoms with Gasteiger partial charge in [0.05, 0.1) is 10.6 Å². The maximum atomic E-state index is 14.7. The van der Waals surface area contributed by atoms with Crippen LogP contribution < -0.4 is 5.14 Å². The molecule has 2 heterocycles. The minimum atomic E-state index is -4.94.